The van der Waals surface area contributed by atoms with Crippen LogP contribution in [0.25, 0.3) is 5.69 Å². The minimum absolute atomic E-state index is 0.0879. The second kappa shape index (κ2) is 9.87. The molecule has 35 heavy (non-hydrogen) atoms. The van der Waals surface area contributed by atoms with Gasteiger partial charge in [0.2, 0.25) is 5.88 Å². The van der Waals surface area contributed by atoms with Crippen LogP contribution in [0.3, 0.4) is 0 Å². The molecule has 2 aliphatic rings. The third-order valence-electron chi connectivity index (χ3n) is 6.28. The van der Waals surface area contributed by atoms with E-state index >= 15 is 0 Å². The minimum atomic E-state index is -0.477. The van der Waals surface area contributed by atoms with Crippen molar-refractivity contribution in [1.82, 2.24) is 24.6 Å². The summed E-state index contributed by atoms with van der Waals surface area (Å²) in [5.74, 6) is 2.71. The third-order valence-corrected chi connectivity index (χ3v) is 6.74. The lowest BCUT2D eigenvalue weighted by Gasteiger charge is -2.28. The predicted octanol–water partition coefficient (Wildman–Crippen LogP) is 6.06. The Morgan fingerprint density at radius 2 is 1.83 bits per heavy atom. The molecule has 3 aromatic rings. The van der Waals surface area contributed by atoms with Gasteiger partial charge in [-0.1, -0.05) is 29.8 Å². The highest BCUT2D eigenvalue weighted by Crippen LogP contribution is 2.37. The molecule has 8 nitrogen and oxygen atoms in total. The average molecular weight is 514 g/mol. The Kier molecular flexibility index (Phi) is 6.67. The topological polar surface area (TPSA) is 82.4 Å². The van der Waals surface area contributed by atoms with Crippen molar-refractivity contribution in [2.75, 3.05) is 0 Å². The van der Waals surface area contributed by atoms with E-state index in [2.05, 4.69) is 26.3 Å². The molecule has 1 amide bonds. The van der Waals surface area contributed by atoms with Gasteiger partial charge in [-0.3, -0.25) is 9.47 Å². The van der Waals surface area contributed by atoms with E-state index in [9.17, 15) is 4.79 Å². The standard InChI is InChI=1S/C25H25Cl2N5O3/c1-15(2)34-25(33)31-13-17-11-18(26)5-9-21(17)32-22(14-31)29-30-24(32)16-3-7-20(8-4-16)35-23-10-6-19(27)12-28-23/h5-6,9-12,16,20H,1,3-4,7-8,13-14H2,2H3. The number of amides is 1. The van der Waals surface area contributed by atoms with E-state index < -0.39 is 6.09 Å². The summed E-state index contributed by atoms with van der Waals surface area (Å²) in [4.78, 5) is 18.5. The monoisotopic (exact) mass is 513 g/mol. The molecule has 1 saturated carbocycles. The van der Waals surface area contributed by atoms with Crippen LogP contribution in [-0.4, -0.2) is 36.8 Å². The Hall–Kier alpha value is -3.10. The number of allylic oxidation sites excluding steroid dienone is 1. The number of hydrogen-bond donors (Lipinski definition) is 0. The fourth-order valence-corrected chi connectivity index (χ4v) is 4.98. The van der Waals surface area contributed by atoms with Crippen molar-refractivity contribution < 1.29 is 14.3 Å². The highest BCUT2D eigenvalue weighted by Gasteiger charge is 2.32. The summed E-state index contributed by atoms with van der Waals surface area (Å²) in [5.41, 5.74) is 1.83. The maximum absolute atomic E-state index is 12.7. The van der Waals surface area contributed by atoms with E-state index in [0.29, 0.717) is 34.1 Å². The molecular weight excluding hydrogens is 489 g/mol. The zero-order valence-electron chi connectivity index (χ0n) is 19.3. The van der Waals surface area contributed by atoms with Gasteiger partial charge in [0.05, 0.1) is 29.6 Å². The summed E-state index contributed by atoms with van der Waals surface area (Å²) >= 11 is 12.2. The summed E-state index contributed by atoms with van der Waals surface area (Å²) in [6, 6.07) is 9.25. The maximum atomic E-state index is 12.7. The number of hydrogen-bond acceptors (Lipinski definition) is 6. The summed E-state index contributed by atoms with van der Waals surface area (Å²) in [7, 11) is 0. The first-order chi connectivity index (χ1) is 16.9. The van der Waals surface area contributed by atoms with E-state index in [-0.39, 0.29) is 18.6 Å². The van der Waals surface area contributed by atoms with Crippen LogP contribution in [0.5, 0.6) is 5.88 Å². The second-order valence-electron chi connectivity index (χ2n) is 8.92. The van der Waals surface area contributed by atoms with Crippen LogP contribution in [0.1, 0.15) is 55.7 Å². The van der Waals surface area contributed by atoms with Crippen molar-refractivity contribution in [2.45, 2.75) is 57.7 Å². The van der Waals surface area contributed by atoms with Gasteiger partial charge in [0.1, 0.15) is 11.9 Å². The van der Waals surface area contributed by atoms with Gasteiger partial charge < -0.3 is 9.47 Å². The van der Waals surface area contributed by atoms with E-state index in [0.717, 1.165) is 42.8 Å². The van der Waals surface area contributed by atoms with Crippen LogP contribution in [0.2, 0.25) is 10.0 Å². The van der Waals surface area contributed by atoms with Crippen molar-refractivity contribution in [1.29, 1.82) is 0 Å². The molecule has 2 aromatic heterocycles. The fourth-order valence-electron chi connectivity index (χ4n) is 4.68. The number of halogens is 2. The van der Waals surface area contributed by atoms with Crippen LogP contribution in [-0.2, 0) is 17.8 Å². The highest BCUT2D eigenvalue weighted by atomic mass is 35.5. The van der Waals surface area contributed by atoms with Crippen molar-refractivity contribution in [3.8, 4) is 11.6 Å². The number of fused-ring (bicyclic) bond motifs is 3. The Morgan fingerprint density at radius 1 is 1.06 bits per heavy atom. The number of ether oxygens (including phenoxy) is 2. The molecule has 0 atom stereocenters. The fraction of sp³-hybridized carbons (Fsp3) is 0.360. The molecule has 0 unspecified atom stereocenters. The van der Waals surface area contributed by atoms with Crippen molar-refractivity contribution in [2.24, 2.45) is 0 Å². The van der Waals surface area contributed by atoms with E-state index in [1.54, 1.807) is 30.2 Å². The average Bonchev–Trinajstić information content (AvgIpc) is 3.16. The van der Waals surface area contributed by atoms with E-state index in [1.807, 2.05) is 18.2 Å². The van der Waals surface area contributed by atoms with E-state index in [4.69, 9.17) is 32.7 Å². The van der Waals surface area contributed by atoms with Gasteiger partial charge in [-0.25, -0.2) is 9.78 Å². The third kappa shape index (κ3) is 5.13. The minimum Gasteiger partial charge on any atom is -0.474 e. The van der Waals surface area contributed by atoms with Crippen LogP contribution in [0.15, 0.2) is 48.9 Å². The van der Waals surface area contributed by atoms with Crippen LogP contribution in [0.4, 0.5) is 4.79 Å². The molecule has 0 saturated heterocycles. The number of pyridine rings is 1. The number of benzene rings is 1. The SMILES string of the molecule is C=C(C)OC(=O)N1Cc2cc(Cl)ccc2-n2c(nnc2C2CCC(Oc3ccc(Cl)cn3)CC2)C1. The lowest BCUT2D eigenvalue weighted by molar-refractivity contribution is 0.123. The lowest BCUT2D eigenvalue weighted by Crippen LogP contribution is -2.30. The summed E-state index contributed by atoms with van der Waals surface area (Å²) in [6.07, 6.45) is 4.76. The zero-order valence-corrected chi connectivity index (χ0v) is 20.8. The number of carbonyl (C=O) groups is 1. The smallest absolute Gasteiger partial charge is 0.415 e. The first-order valence-corrected chi connectivity index (χ1v) is 12.3. The Bertz CT molecular complexity index is 1250. The summed E-state index contributed by atoms with van der Waals surface area (Å²) in [6.45, 7) is 5.93. The van der Waals surface area contributed by atoms with Gasteiger partial charge >= 0.3 is 6.09 Å². The largest absolute Gasteiger partial charge is 0.474 e. The van der Waals surface area contributed by atoms with Crippen LogP contribution < -0.4 is 4.74 Å². The zero-order chi connectivity index (χ0) is 24.5. The number of rotatable bonds is 4. The molecule has 0 spiro atoms. The predicted molar refractivity (Wildman–Crippen MR) is 132 cm³/mol. The van der Waals surface area contributed by atoms with Crippen molar-refractivity contribution in [3.05, 3.63) is 76.1 Å². The Morgan fingerprint density at radius 3 is 2.54 bits per heavy atom. The van der Waals surface area contributed by atoms with Gasteiger partial charge in [-0.15, -0.1) is 10.2 Å². The lowest BCUT2D eigenvalue weighted by atomic mass is 9.86. The van der Waals surface area contributed by atoms with Crippen LogP contribution in [0, 0.1) is 0 Å². The van der Waals surface area contributed by atoms with Crippen molar-refractivity contribution >= 4 is 29.3 Å². The molecule has 0 radical (unpaired) electrons. The molecule has 0 N–H and O–H groups in total. The van der Waals surface area contributed by atoms with Gasteiger partial charge in [0.15, 0.2) is 5.82 Å². The Balaban J connectivity index is 1.38. The molecule has 1 aromatic carbocycles. The first-order valence-electron chi connectivity index (χ1n) is 11.5. The number of carbonyl (C=O) groups excluding carboxylic acids is 1. The number of aromatic nitrogens is 4. The molecule has 182 valence electrons. The van der Waals surface area contributed by atoms with Gasteiger partial charge in [-0.2, -0.15) is 0 Å². The Labute approximate surface area is 213 Å². The normalized spacial score (nSPS) is 19.3. The molecule has 1 fully saturated rings. The van der Waals surface area contributed by atoms with Crippen LogP contribution >= 0.6 is 23.2 Å². The van der Waals surface area contributed by atoms with E-state index in [1.165, 1.54) is 0 Å². The highest BCUT2D eigenvalue weighted by molar-refractivity contribution is 6.30. The quantitative estimate of drug-likeness (QED) is 0.394. The van der Waals surface area contributed by atoms with Gasteiger partial charge in [0, 0.05) is 23.2 Å². The summed E-state index contributed by atoms with van der Waals surface area (Å²) < 4.78 is 13.4. The molecule has 3 heterocycles. The van der Waals surface area contributed by atoms with Gasteiger partial charge in [-0.05, 0) is 62.4 Å². The van der Waals surface area contributed by atoms with Gasteiger partial charge in [0.25, 0.3) is 0 Å². The number of nitrogens with zero attached hydrogens (tertiary/aromatic N) is 5. The maximum Gasteiger partial charge on any atom is 0.415 e. The molecule has 1 aliphatic carbocycles. The molecular formula is C25H25Cl2N5O3. The summed E-state index contributed by atoms with van der Waals surface area (Å²) in [5, 5.41) is 10.2. The molecule has 1 aliphatic heterocycles. The molecule has 10 heteroatoms. The molecule has 0 bridgehead atoms. The second-order valence-corrected chi connectivity index (χ2v) is 9.79. The molecule has 5 rings (SSSR count). The first kappa shape index (κ1) is 23.6. The van der Waals surface area contributed by atoms with Crippen molar-refractivity contribution in [3.63, 3.8) is 0 Å².